The van der Waals surface area contributed by atoms with Crippen LogP contribution in [0.1, 0.15) is 13.3 Å². The van der Waals surface area contributed by atoms with Crippen LogP contribution >= 0.6 is 0 Å². The largest absolute Gasteiger partial charge is 0.486 e. The molecule has 2 N–H and O–H groups in total. The molecule has 31 heavy (non-hydrogen) atoms. The molecule has 0 saturated carbocycles. The molecule has 9 nitrogen and oxygen atoms in total. The molecule has 1 atom stereocenters. The predicted octanol–water partition coefficient (Wildman–Crippen LogP) is 2.03. The van der Waals surface area contributed by atoms with E-state index in [1.54, 1.807) is 49.4 Å². The lowest BCUT2D eigenvalue weighted by Crippen LogP contribution is -2.44. The summed E-state index contributed by atoms with van der Waals surface area (Å²) in [5.41, 5.74) is 1.12. The van der Waals surface area contributed by atoms with Crippen molar-refractivity contribution in [3.63, 3.8) is 0 Å². The van der Waals surface area contributed by atoms with Crippen LogP contribution in [0.5, 0.6) is 17.2 Å². The van der Waals surface area contributed by atoms with Crippen molar-refractivity contribution < 1.29 is 28.6 Å². The van der Waals surface area contributed by atoms with E-state index in [9.17, 15) is 14.4 Å². The van der Waals surface area contributed by atoms with E-state index in [0.29, 0.717) is 48.4 Å². The molecule has 4 rings (SSSR count). The normalized spacial score (nSPS) is 16.4. The molecule has 0 fully saturated rings. The van der Waals surface area contributed by atoms with E-state index in [2.05, 4.69) is 10.6 Å². The van der Waals surface area contributed by atoms with E-state index in [-0.39, 0.29) is 30.7 Å². The highest BCUT2D eigenvalue weighted by Crippen LogP contribution is 2.32. The maximum absolute atomic E-state index is 12.7. The van der Waals surface area contributed by atoms with Gasteiger partial charge in [-0.05, 0) is 31.2 Å². The molecular weight excluding hydrogens is 402 g/mol. The van der Waals surface area contributed by atoms with Gasteiger partial charge in [-0.2, -0.15) is 0 Å². The molecule has 3 amide bonds. The molecule has 2 aliphatic heterocycles. The molecule has 0 bridgehead atoms. The smallest absolute Gasteiger partial charge is 0.266 e. The average Bonchev–Trinajstić information content (AvgIpc) is 2.77. The number of benzene rings is 2. The predicted molar refractivity (Wildman–Crippen MR) is 112 cm³/mol. The highest BCUT2D eigenvalue weighted by Gasteiger charge is 2.31. The first kappa shape index (κ1) is 20.5. The quantitative estimate of drug-likeness (QED) is 0.734. The molecule has 9 heteroatoms. The van der Waals surface area contributed by atoms with Gasteiger partial charge in [0, 0.05) is 18.3 Å². The molecule has 0 unspecified atom stereocenters. The van der Waals surface area contributed by atoms with Crippen molar-refractivity contribution in [3.05, 3.63) is 42.5 Å². The third-order valence-electron chi connectivity index (χ3n) is 4.96. The van der Waals surface area contributed by atoms with Crippen LogP contribution in [-0.4, -0.2) is 55.0 Å². The van der Waals surface area contributed by atoms with Gasteiger partial charge in [-0.1, -0.05) is 12.1 Å². The Kier molecular flexibility index (Phi) is 5.92. The van der Waals surface area contributed by atoms with Gasteiger partial charge in [-0.15, -0.1) is 0 Å². The number of carbonyl (C=O) groups is 3. The van der Waals surface area contributed by atoms with Gasteiger partial charge in [-0.25, -0.2) is 0 Å². The Bertz CT molecular complexity index is 1010. The second-order valence-corrected chi connectivity index (χ2v) is 7.11. The van der Waals surface area contributed by atoms with Gasteiger partial charge in [0.1, 0.15) is 19.0 Å². The molecule has 2 aliphatic rings. The molecule has 0 saturated heterocycles. The Balaban J connectivity index is 1.34. The Morgan fingerprint density at radius 3 is 2.68 bits per heavy atom. The van der Waals surface area contributed by atoms with E-state index in [0.717, 1.165) is 0 Å². The summed E-state index contributed by atoms with van der Waals surface area (Å²) in [5.74, 6) is 0.615. The molecule has 162 valence electrons. The van der Waals surface area contributed by atoms with Crippen LogP contribution in [0, 0.1) is 0 Å². The van der Waals surface area contributed by atoms with Crippen LogP contribution in [0.15, 0.2) is 42.5 Å². The fraction of sp³-hybridized carbons (Fsp3) is 0.318. The standard InChI is InChI=1S/C22H23N3O6/c1-2-25(13-20(26)23-14-7-8-17-18(11-14)30-10-9-29-17)21(27)12-19-22(28)24-15-5-3-4-6-16(15)31-19/h3-8,11,19H,2,9-10,12-13H2,1H3,(H,23,26)(H,24,28)/t19-/m1/s1. The van der Waals surface area contributed by atoms with Gasteiger partial charge >= 0.3 is 0 Å². The minimum atomic E-state index is -0.947. The third-order valence-corrected chi connectivity index (χ3v) is 4.96. The summed E-state index contributed by atoms with van der Waals surface area (Å²) in [6.07, 6.45) is -1.11. The van der Waals surface area contributed by atoms with Crippen molar-refractivity contribution in [3.8, 4) is 17.2 Å². The average molecular weight is 425 g/mol. The summed E-state index contributed by atoms with van der Waals surface area (Å²) < 4.78 is 16.7. The maximum atomic E-state index is 12.7. The molecule has 0 aromatic heterocycles. The summed E-state index contributed by atoms with van der Waals surface area (Å²) in [6.45, 7) is 2.88. The van der Waals surface area contributed by atoms with Crippen molar-refractivity contribution in [2.24, 2.45) is 0 Å². The molecule has 0 radical (unpaired) electrons. The Morgan fingerprint density at radius 1 is 1.10 bits per heavy atom. The van der Waals surface area contributed by atoms with Crippen LogP contribution in [-0.2, 0) is 14.4 Å². The van der Waals surface area contributed by atoms with E-state index < -0.39 is 6.10 Å². The number of nitrogens with zero attached hydrogens (tertiary/aromatic N) is 1. The number of fused-ring (bicyclic) bond motifs is 2. The second-order valence-electron chi connectivity index (χ2n) is 7.11. The van der Waals surface area contributed by atoms with Crippen molar-refractivity contribution in [1.29, 1.82) is 0 Å². The highest BCUT2D eigenvalue weighted by atomic mass is 16.6. The Labute approximate surface area is 179 Å². The first-order chi connectivity index (χ1) is 15.0. The summed E-state index contributed by atoms with van der Waals surface area (Å²) in [6, 6.07) is 12.1. The number of likely N-dealkylation sites (N-methyl/N-ethyl adjacent to an activating group) is 1. The Hall–Kier alpha value is -3.75. The molecule has 2 heterocycles. The number of carbonyl (C=O) groups excluding carboxylic acids is 3. The molecule has 2 aromatic rings. The molecule has 2 aromatic carbocycles. The maximum Gasteiger partial charge on any atom is 0.266 e. The monoisotopic (exact) mass is 425 g/mol. The molecular formula is C22H23N3O6. The number of anilines is 2. The SMILES string of the molecule is CCN(CC(=O)Nc1ccc2c(c1)OCCO2)C(=O)C[C@H]1Oc2ccccc2NC1=O. The number of hydrogen-bond donors (Lipinski definition) is 2. The van der Waals surface area contributed by atoms with Crippen LogP contribution in [0.3, 0.4) is 0 Å². The highest BCUT2D eigenvalue weighted by molar-refractivity contribution is 6.00. The van der Waals surface area contributed by atoms with Crippen molar-refractivity contribution in [2.45, 2.75) is 19.4 Å². The van der Waals surface area contributed by atoms with E-state index in [1.807, 2.05) is 0 Å². The summed E-state index contributed by atoms with van der Waals surface area (Å²) in [4.78, 5) is 38.9. The topological polar surface area (TPSA) is 106 Å². The van der Waals surface area contributed by atoms with Gasteiger partial charge < -0.3 is 29.7 Å². The first-order valence-corrected chi connectivity index (χ1v) is 10.1. The van der Waals surface area contributed by atoms with Crippen LogP contribution in [0.2, 0.25) is 0 Å². The van der Waals surface area contributed by atoms with Gasteiger partial charge in [0.05, 0.1) is 18.7 Å². The lowest BCUT2D eigenvalue weighted by Gasteiger charge is -2.27. The molecule has 0 aliphatic carbocycles. The summed E-state index contributed by atoms with van der Waals surface area (Å²) in [7, 11) is 0. The van der Waals surface area contributed by atoms with Crippen LogP contribution in [0.25, 0.3) is 0 Å². The minimum absolute atomic E-state index is 0.144. The zero-order valence-electron chi connectivity index (χ0n) is 17.1. The second kappa shape index (κ2) is 8.95. The minimum Gasteiger partial charge on any atom is -0.486 e. The van der Waals surface area contributed by atoms with Gasteiger partial charge in [0.25, 0.3) is 5.91 Å². The number of ether oxygens (including phenoxy) is 3. The number of rotatable bonds is 6. The fourth-order valence-corrected chi connectivity index (χ4v) is 3.39. The number of hydrogen-bond acceptors (Lipinski definition) is 6. The Morgan fingerprint density at radius 2 is 1.87 bits per heavy atom. The zero-order chi connectivity index (χ0) is 21.8. The van der Waals surface area contributed by atoms with Gasteiger partial charge in [0.2, 0.25) is 11.8 Å². The molecule has 0 spiro atoms. The lowest BCUT2D eigenvalue weighted by molar-refractivity contribution is -0.138. The first-order valence-electron chi connectivity index (χ1n) is 10.1. The van der Waals surface area contributed by atoms with E-state index in [1.165, 1.54) is 4.90 Å². The van der Waals surface area contributed by atoms with Crippen LogP contribution < -0.4 is 24.8 Å². The van der Waals surface area contributed by atoms with Crippen LogP contribution in [0.4, 0.5) is 11.4 Å². The number of amides is 3. The summed E-state index contributed by atoms with van der Waals surface area (Å²) in [5, 5.41) is 5.49. The van der Waals surface area contributed by atoms with Gasteiger partial charge in [0.15, 0.2) is 17.6 Å². The number of para-hydroxylation sites is 2. The van der Waals surface area contributed by atoms with Crippen molar-refractivity contribution in [1.82, 2.24) is 4.90 Å². The number of nitrogens with one attached hydrogen (secondary N) is 2. The van der Waals surface area contributed by atoms with Crippen molar-refractivity contribution in [2.75, 3.05) is 36.9 Å². The van der Waals surface area contributed by atoms with Crippen molar-refractivity contribution >= 4 is 29.1 Å². The zero-order valence-corrected chi connectivity index (χ0v) is 17.1. The lowest BCUT2D eigenvalue weighted by atomic mass is 10.1. The van der Waals surface area contributed by atoms with E-state index in [4.69, 9.17) is 14.2 Å². The van der Waals surface area contributed by atoms with E-state index >= 15 is 0 Å². The summed E-state index contributed by atoms with van der Waals surface area (Å²) >= 11 is 0. The van der Waals surface area contributed by atoms with Gasteiger partial charge in [-0.3, -0.25) is 14.4 Å². The third kappa shape index (κ3) is 4.71. The fourth-order valence-electron chi connectivity index (χ4n) is 3.39.